The van der Waals surface area contributed by atoms with Gasteiger partial charge in [0.2, 0.25) is 0 Å². The van der Waals surface area contributed by atoms with Crippen LogP contribution in [0, 0.1) is 0 Å². The molecule has 8 heteroatoms. The summed E-state index contributed by atoms with van der Waals surface area (Å²) in [4.78, 5) is 23.1. The van der Waals surface area contributed by atoms with E-state index in [0.717, 1.165) is 24.3 Å². The third-order valence-electron chi connectivity index (χ3n) is 4.46. The van der Waals surface area contributed by atoms with Gasteiger partial charge in [-0.05, 0) is 23.8 Å². The first-order chi connectivity index (χ1) is 12.6. The standard InChI is InChI=1S/C18H18ClN5O2/c19-13-3-1-12(2-4-13)11-24-15-9-14(23-5-7-26-8-6-23)10-21-16(15)17(20)22-18(24)25/h1-4,9-10H,5-8,11H2,(H2,20,22,25). The number of hydrogen-bond donors (Lipinski definition) is 1. The largest absolute Gasteiger partial charge is 0.382 e. The van der Waals surface area contributed by atoms with Crippen LogP contribution in [0.3, 0.4) is 0 Å². The summed E-state index contributed by atoms with van der Waals surface area (Å²) in [6.07, 6.45) is 1.77. The number of ether oxygens (including phenoxy) is 1. The number of nitrogens with zero attached hydrogens (tertiary/aromatic N) is 4. The minimum Gasteiger partial charge on any atom is -0.382 e. The van der Waals surface area contributed by atoms with E-state index < -0.39 is 5.69 Å². The number of nitrogens with two attached hydrogens (primary N) is 1. The minimum atomic E-state index is -0.397. The first-order valence-electron chi connectivity index (χ1n) is 8.35. The highest BCUT2D eigenvalue weighted by Crippen LogP contribution is 2.23. The molecule has 1 aliphatic rings. The van der Waals surface area contributed by atoms with Crippen molar-refractivity contribution in [3.05, 3.63) is 57.6 Å². The summed E-state index contributed by atoms with van der Waals surface area (Å²) in [5, 5.41) is 0.651. The second kappa shape index (κ2) is 6.93. The number of fused-ring (bicyclic) bond motifs is 1. The van der Waals surface area contributed by atoms with Gasteiger partial charge in [0.15, 0.2) is 5.82 Å². The van der Waals surface area contributed by atoms with Gasteiger partial charge >= 0.3 is 5.69 Å². The molecule has 0 unspecified atom stereocenters. The summed E-state index contributed by atoms with van der Waals surface area (Å²) in [5.74, 6) is 0.144. The average Bonchev–Trinajstić information content (AvgIpc) is 2.67. The number of halogens is 1. The smallest absolute Gasteiger partial charge is 0.350 e. The molecule has 1 aliphatic heterocycles. The number of morpholine rings is 1. The Morgan fingerprint density at radius 1 is 1.19 bits per heavy atom. The fourth-order valence-corrected chi connectivity index (χ4v) is 3.21. The van der Waals surface area contributed by atoms with Gasteiger partial charge in [0.25, 0.3) is 0 Å². The fourth-order valence-electron chi connectivity index (χ4n) is 3.08. The second-order valence-corrected chi connectivity index (χ2v) is 6.59. The van der Waals surface area contributed by atoms with Gasteiger partial charge in [-0.2, -0.15) is 4.98 Å². The zero-order valence-corrected chi connectivity index (χ0v) is 14.8. The van der Waals surface area contributed by atoms with Gasteiger partial charge in [0.1, 0.15) is 5.52 Å². The average molecular weight is 372 g/mol. The van der Waals surface area contributed by atoms with Crippen molar-refractivity contribution < 1.29 is 4.74 Å². The Morgan fingerprint density at radius 2 is 1.92 bits per heavy atom. The lowest BCUT2D eigenvalue weighted by Crippen LogP contribution is -2.36. The third-order valence-corrected chi connectivity index (χ3v) is 4.72. The van der Waals surface area contributed by atoms with Crippen LogP contribution in [0.4, 0.5) is 11.5 Å². The predicted octanol–water partition coefficient (Wildman–Crippen LogP) is 1.91. The van der Waals surface area contributed by atoms with Crippen LogP contribution in [0.5, 0.6) is 0 Å². The van der Waals surface area contributed by atoms with Crippen LogP contribution in [0.25, 0.3) is 11.0 Å². The first-order valence-corrected chi connectivity index (χ1v) is 8.73. The summed E-state index contributed by atoms with van der Waals surface area (Å²) in [5.41, 5.74) is 8.61. The third kappa shape index (κ3) is 3.23. The maximum Gasteiger partial charge on any atom is 0.350 e. The van der Waals surface area contributed by atoms with Crippen molar-refractivity contribution in [3.63, 3.8) is 0 Å². The van der Waals surface area contributed by atoms with Crippen LogP contribution in [0.2, 0.25) is 5.02 Å². The van der Waals surface area contributed by atoms with Crippen LogP contribution in [0.15, 0.2) is 41.3 Å². The van der Waals surface area contributed by atoms with Crippen LogP contribution in [0.1, 0.15) is 5.56 Å². The maximum atomic E-state index is 12.5. The molecule has 1 aromatic carbocycles. The molecule has 134 valence electrons. The molecule has 4 rings (SSSR count). The van der Waals surface area contributed by atoms with Crippen molar-refractivity contribution in [2.75, 3.05) is 36.9 Å². The van der Waals surface area contributed by atoms with Crippen molar-refractivity contribution in [2.24, 2.45) is 0 Å². The Labute approximate surface area is 155 Å². The van der Waals surface area contributed by atoms with E-state index in [4.69, 9.17) is 22.1 Å². The molecule has 0 amide bonds. The number of nitrogen functional groups attached to an aromatic ring is 1. The first kappa shape index (κ1) is 16.8. The Balaban J connectivity index is 1.81. The van der Waals surface area contributed by atoms with Crippen molar-refractivity contribution in [1.29, 1.82) is 0 Å². The molecular formula is C18H18ClN5O2. The van der Waals surface area contributed by atoms with Crippen molar-refractivity contribution >= 4 is 34.1 Å². The quantitative estimate of drug-likeness (QED) is 0.756. The molecule has 7 nitrogen and oxygen atoms in total. The lowest BCUT2D eigenvalue weighted by molar-refractivity contribution is 0.122. The van der Waals surface area contributed by atoms with E-state index >= 15 is 0 Å². The van der Waals surface area contributed by atoms with Gasteiger partial charge in [0, 0.05) is 18.1 Å². The summed E-state index contributed by atoms with van der Waals surface area (Å²) in [6.45, 7) is 3.29. The predicted molar refractivity (Wildman–Crippen MR) is 102 cm³/mol. The molecule has 3 heterocycles. The fraction of sp³-hybridized carbons (Fsp3) is 0.278. The Morgan fingerprint density at radius 3 is 2.65 bits per heavy atom. The van der Waals surface area contributed by atoms with E-state index in [1.165, 1.54) is 0 Å². The van der Waals surface area contributed by atoms with Crippen LogP contribution >= 0.6 is 11.6 Å². The molecule has 0 bridgehead atoms. The van der Waals surface area contributed by atoms with Gasteiger partial charge in [-0.15, -0.1) is 0 Å². The normalized spacial score (nSPS) is 14.7. The highest BCUT2D eigenvalue weighted by Gasteiger charge is 2.16. The van der Waals surface area contributed by atoms with Crippen molar-refractivity contribution in [1.82, 2.24) is 14.5 Å². The molecule has 26 heavy (non-hydrogen) atoms. The van der Waals surface area contributed by atoms with Crippen molar-refractivity contribution in [2.45, 2.75) is 6.54 Å². The number of anilines is 2. The Kier molecular flexibility index (Phi) is 4.48. The summed E-state index contributed by atoms with van der Waals surface area (Å²) >= 11 is 5.95. The highest BCUT2D eigenvalue weighted by molar-refractivity contribution is 6.30. The molecular weight excluding hydrogens is 354 g/mol. The number of hydrogen-bond acceptors (Lipinski definition) is 6. The molecule has 0 atom stereocenters. The molecule has 2 N–H and O–H groups in total. The zero-order chi connectivity index (χ0) is 18.1. The van der Waals surface area contributed by atoms with Gasteiger partial charge in [-0.25, -0.2) is 9.78 Å². The lowest BCUT2D eigenvalue weighted by Gasteiger charge is -2.28. The van der Waals surface area contributed by atoms with E-state index in [1.807, 2.05) is 18.2 Å². The summed E-state index contributed by atoms with van der Waals surface area (Å²) < 4.78 is 6.99. The molecule has 0 saturated carbocycles. The molecule has 0 spiro atoms. The molecule has 0 radical (unpaired) electrons. The highest BCUT2D eigenvalue weighted by atomic mass is 35.5. The SMILES string of the molecule is Nc1nc(=O)n(Cc2ccc(Cl)cc2)c2cc(N3CCOCC3)cnc12. The molecule has 2 aromatic heterocycles. The zero-order valence-electron chi connectivity index (χ0n) is 14.1. The van der Waals surface area contributed by atoms with Crippen LogP contribution in [-0.2, 0) is 11.3 Å². The van der Waals surface area contributed by atoms with Crippen LogP contribution < -0.4 is 16.3 Å². The van der Waals surface area contributed by atoms with Gasteiger partial charge < -0.3 is 15.4 Å². The topological polar surface area (TPSA) is 86.3 Å². The van der Waals surface area contributed by atoms with E-state index in [9.17, 15) is 4.79 Å². The molecule has 0 aliphatic carbocycles. The summed E-state index contributed by atoms with van der Waals surface area (Å²) in [7, 11) is 0. The molecule has 1 saturated heterocycles. The van der Waals surface area contributed by atoms with E-state index in [1.54, 1.807) is 22.9 Å². The van der Waals surface area contributed by atoms with Gasteiger partial charge in [-0.1, -0.05) is 23.7 Å². The molecule has 3 aromatic rings. The Hall–Kier alpha value is -2.64. The van der Waals surface area contributed by atoms with Gasteiger partial charge in [0.05, 0.1) is 37.2 Å². The second-order valence-electron chi connectivity index (χ2n) is 6.15. The number of benzene rings is 1. The van der Waals surface area contributed by atoms with E-state index in [-0.39, 0.29) is 5.82 Å². The maximum absolute atomic E-state index is 12.5. The Bertz CT molecular complexity index is 997. The van der Waals surface area contributed by atoms with E-state index in [0.29, 0.717) is 35.8 Å². The molecule has 1 fully saturated rings. The monoisotopic (exact) mass is 371 g/mol. The number of aromatic nitrogens is 3. The summed E-state index contributed by atoms with van der Waals surface area (Å²) in [6, 6.07) is 9.31. The minimum absolute atomic E-state index is 0.144. The van der Waals surface area contributed by atoms with E-state index in [2.05, 4.69) is 14.9 Å². The van der Waals surface area contributed by atoms with Gasteiger partial charge in [-0.3, -0.25) is 4.57 Å². The van der Waals surface area contributed by atoms with Crippen molar-refractivity contribution in [3.8, 4) is 0 Å². The number of rotatable bonds is 3. The number of pyridine rings is 1. The van der Waals surface area contributed by atoms with Crippen LogP contribution in [-0.4, -0.2) is 40.8 Å². The lowest BCUT2D eigenvalue weighted by atomic mass is 10.2.